The summed E-state index contributed by atoms with van der Waals surface area (Å²) in [5, 5.41) is 9.83. The number of para-hydroxylation sites is 2. The molecule has 0 amide bonds. The van der Waals surface area contributed by atoms with Gasteiger partial charge < -0.3 is 4.42 Å². The summed E-state index contributed by atoms with van der Waals surface area (Å²) in [4.78, 5) is 0.982. The lowest BCUT2D eigenvalue weighted by atomic mass is 9.92. The van der Waals surface area contributed by atoms with Crippen molar-refractivity contribution in [3.8, 4) is 11.1 Å². The Morgan fingerprint density at radius 2 is 1.09 bits per heavy atom. The molecule has 1 nitrogen and oxygen atoms in total. The minimum atomic E-state index is 0.926. The van der Waals surface area contributed by atoms with Gasteiger partial charge in [0.1, 0.15) is 11.2 Å². The lowest BCUT2D eigenvalue weighted by molar-refractivity contribution is 0.670. The van der Waals surface area contributed by atoms with E-state index < -0.39 is 0 Å². The third-order valence-electron chi connectivity index (χ3n) is 6.54. The van der Waals surface area contributed by atoms with Gasteiger partial charge in [0.2, 0.25) is 0 Å². The molecule has 0 saturated heterocycles. The summed E-state index contributed by atoms with van der Waals surface area (Å²) in [5.41, 5.74) is 4.15. The number of hydrogen-bond donors (Lipinski definition) is 1. The van der Waals surface area contributed by atoms with E-state index in [0.717, 1.165) is 38.0 Å². The number of thiol groups is 1. The number of fused-ring (bicyclic) bond motifs is 9. The van der Waals surface area contributed by atoms with E-state index in [1.54, 1.807) is 0 Å². The standard InChI is InChI=1S/C30H18OS/c32-19-13-15-24-23-14-12-18(16-27(23)21-6-1-2-7-22(21)28(24)17-19)20-9-5-10-26-25-8-3-4-11-29(25)31-30(20)26/h1-17,32H. The Bertz CT molecular complexity index is 1820. The first kappa shape index (κ1) is 17.9. The minimum absolute atomic E-state index is 0.926. The van der Waals surface area contributed by atoms with Crippen LogP contribution in [0.25, 0.3) is 65.4 Å². The quantitative estimate of drug-likeness (QED) is 0.204. The molecular formula is C30H18OS. The SMILES string of the molecule is Sc1ccc2c3ccc(-c4cccc5c4oc4ccccc45)cc3c3ccccc3c2c1. The van der Waals surface area contributed by atoms with Crippen molar-refractivity contribution in [2.24, 2.45) is 0 Å². The highest BCUT2D eigenvalue weighted by molar-refractivity contribution is 7.80. The number of benzene rings is 6. The zero-order chi connectivity index (χ0) is 21.2. The fourth-order valence-electron chi connectivity index (χ4n) is 5.09. The smallest absolute Gasteiger partial charge is 0.143 e. The van der Waals surface area contributed by atoms with E-state index in [1.165, 1.54) is 32.3 Å². The predicted octanol–water partition coefficient (Wildman–Crippen LogP) is 9.00. The molecule has 0 radical (unpaired) electrons. The van der Waals surface area contributed by atoms with Crippen molar-refractivity contribution in [3.63, 3.8) is 0 Å². The molecular weight excluding hydrogens is 408 g/mol. The van der Waals surface area contributed by atoms with Crippen molar-refractivity contribution < 1.29 is 4.42 Å². The average Bonchev–Trinajstić information content (AvgIpc) is 3.23. The molecule has 0 N–H and O–H groups in total. The molecule has 150 valence electrons. The highest BCUT2D eigenvalue weighted by Gasteiger charge is 2.14. The summed E-state index contributed by atoms with van der Waals surface area (Å²) in [6.45, 7) is 0. The maximum Gasteiger partial charge on any atom is 0.143 e. The fraction of sp³-hybridized carbons (Fsp3) is 0. The lowest BCUT2D eigenvalue weighted by Crippen LogP contribution is -1.85. The molecule has 0 aliphatic carbocycles. The second kappa shape index (κ2) is 6.62. The monoisotopic (exact) mass is 426 g/mol. The minimum Gasteiger partial charge on any atom is -0.455 e. The van der Waals surface area contributed by atoms with Crippen LogP contribution in [-0.4, -0.2) is 0 Å². The molecule has 2 heteroatoms. The Labute approximate surface area is 190 Å². The van der Waals surface area contributed by atoms with Crippen LogP contribution in [0.5, 0.6) is 0 Å². The Kier molecular flexibility index (Phi) is 3.70. The largest absolute Gasteiger partial charge is 0.455 e. The van der Waals surface area contributed by atoms with E-state index in [0.29, 0.717) is 0 Å². The van der Waals surface area contributed by atoms with Gasteiger partial charge in [0.05, 0.1) is 0 Å². The molecule has 7 aromatic rings. The third-order valence-corrected chi connectivity index (χ3v) is 6.81. The average molecular weight is 427 g/mol. The van der Waals surface area contributed by atoms with Gasteiger partial charge in [-0.05, 0) is 62.1 Å². The van der Waals surface area contributed by atoms with Crippen LogP contribution in [-0.2, 0) is 0 Å². The van der Waals surface area contributed by atoms with Crippen LogP contribution in [0.1, 0.15) is 0 Å². The van der Waals surface area contributed by atoms with Crippen LogP contribution >= 0.6 is 12.6 Å². The van der Waals surface area contributed by atoms with Gasteiger partial charge in [-0.25, -0.2) is 0 Å². The second-order valence-electron chi connectivity index (χ2n) is 8.32. The molecule has 7 rings (SSSR count). The van der Waals surface area contributed by atoms with Crippen LogP contribution < -0.4 is 0 Å². The van der Waals surface area contributed by atoms with Gasteiger partial charge >= 0.3 is 0 Å². The highest BCUT2D eigenvalue weighted by Crippen LogP contribution is 2.40. The Hall–Kier alpha value is -3.75. The van der Waals surface area contributed by atoms with Crippen molar-refractivity contribution in [3.05, 3.63) is 103 Å². The Morgan fingerprint density at radius 1 is 0.469 bits per heavy atom. The van der Waals surface area contributed by atoms with Crippen LogP contribution in [0, 0.1) is 0 Å². The van der Waals surface area contributed by atoms with E-state index in [4.69, 9.17) is 4.42 Å². The molecule has 0 aliphatic heterocycles. The maximum atomic E-state index is 6.31. The van der Waals surface area contributed by atoms with Gasteiger partial charge in [0, 0.05) is 21.2 Å². The zero-order valence-electron chi connectivity index (χ0n) is 17.2. The van der Waals surface area contributed by atoms with Gasteiger partial charge in [-0.1, -0.05) is 78.9 Å². The summed E-state index contributed by atoms with van der Waals surface area (Å²) in [7, 11) is 0. The van der Waals surface area contributed by atoms with Crippen molar-refractivity contribution >= 4 is 66.9 Å². The molecule has 32 heavy (non-hydrogen) atoms. The Morgan fingerprint density at radius 3 is 1.91 bits per heavy atom. The summed E-state index contributed by atoms with van der Waals surface area (Å²) in [5.74, 6) is 0. The topological polar surface area (TPSA) is 13.1 Å². The number of rotatable bonds is 1. The summed E-state index contributed by atoms with van der Waals surface area (Å²) in [6.07, 6.45) is 0. The van der Waals surface area contributed by atoms with E-state index in [2.05, 4.69) is 104 Å². The third kappa shape index (κ3) is 2.47. The van der Waals surface area contributed by atoms with Crippen molar-refractivity contribution in [1.82, 2.24) is 0 Å². The van der Waals surface area contributed by atoms with E-state index in [-0.39, 0.29) is 0 Å². The van der Waals surface area contributed by atoms with Crippen molar-refractivity contribution in [2.45, 2.75) is 4.90 Å². The Balaban J connectivity index is 1.59. The first-order chi connectivity index (χ1) is 15.8. The molecule has 0 spiro atoms. The van der Waals surface area contributed by atoms with Gasteiger partial charge in [-0.3, -0.25) is 0 Å². The van der Waals surface area contributed by atoms with Crippen molar-refractivity contribution in [1.29, 1.82) is 0 Å². The van der Waals surface area contributed by atoms with E-state index in [9.17, 15) is 0 Å². The molecule has 0 saturated carbocycles. The lowest BCUT2D eigenvalue weighted by Gasteiger charge is -2.12. The second-order valence-corrected chi connectivity index (χ2v) is 8.83. The molecule has 0 atom stereocenters. The highest BCUT2D eigenvalue weighted by atomic mass is 32.1. The van der Waals surface area contributed by atoms with Gasteiger partial charge in [-0.15, -0.1) is 12.6 Å². The summed E-state index contributed by atoms with van der Waals surface area (Å²) in [6, 6.07) is 36.5. The fourth-order valence-corrected chi connectivity index (χ4v) is 5.29. The molecule has 0 bridgehead atoms. The van der Waals surface area contributed by atoms with Crippen LogP contribution in [0.15, 0.2) is 112 Å². The molecule has 0 fully saturated rings. The normalized spacial score (nSPS) is 11.9. The van der Waals surface area contributed by atoms with Crippen LogP contribution in [0.3, 0.4) is 0 Å². The summed E-state index contributed by atoms with van der Waals surface area (Å²) >= 11 is 4.59. The molecule has 0 unspecified atom stereocenters. The predicted molar refractivity (Wildman–Crippen MR) is 139 cm³/mol. The number of furan rings is 1. The number of hydrogen-bond acceptors (Lipinski definition) is 2. The maximum absolute atomic E-state index is 6.31. The molecule has 1 aromatic heterocycles. The molecule has 0 aliphatic rings. The molecule has 1 heterocycles. The van der Waals surface area contributed by atoms with E-state index >= 15 is 0 Å². The first-order valence-electron chi connectivity index (χ1n) is 10.8. The zero-order valence-corrected chi connectivity index (χ0v) is 18.1. The van der Waals surface area contributed by atoms with Gasteiger partial charge in [0.15, 0.2) is 0 Å². The first-order valence-corrected chi connectivity index (χ1v) is 11.2. The van der Waals surface area contributed by atoms with Gasteiger partial charge in [-0.2, -0.15) is 0 Å². The van der Waals surface area contributed by atoms with Gasteiger partial charge in [0.25, 0.3) is 0 Å². The van der Waals surface area contributed by atoms with Crippen LogP contribution in [0.4, 0.5) is 0 Å². The van der Waals surface area contributed by atoms with Crippen LogP contribution in [0.2, 0.25) is 0 Å². The van der Waals surface area contributed by atoms with Crippen molar-refractivity contribution in [2.75, 3.05) is 0 Å². The van der Waals surface area contributed by atoms with E-state index in [1.807, 2.05) is 12.1 Å². The molecule has 6 aromatic carbocycles. The summed E-state index contributed by atoms with van der Waals surface area (Å²) < 4.78 is 6.31.